The van der Waals surface area contributed by atoms with E-state index < -0.39 is 12.8 Å². The van der Waals surface area contributed by atoms with Crippen molar-refractivity contribution >= 4 is 6.03 Å². The predicted molar refractivity (Wildman–Crippen MR) is 109 cm³/mol. The molecule has 1 fully saturated rings. The van der Waals surface area contributed by atoms with Crippen molar-refractivity contribution in [1.29, 1.82) is 0 Å². The summed E-state index contributed by atoms with van der Waals surface area (Å²) >= 11 is 0. The molecule has 2 aromatic rings. The largest absolute Gasteiger partial charge is 0.468 e. The van der Waals surface area contributed by atoms with Crippen LogP contribution in [-0.2, 0) is 17.9 Å². The molecule has 0 radical (unpaired) electrons. The van der Waals surface area contributed by atoms with Crippen molar-refractivity contribution in [3.05, 3.63) is 59.5 Å². The highest BCUT2D eigenvalue weighted by molar-refractivity contribution is 5.73. The molecule has 6 nitrogen and oxygen atoms in total. The summed E-state index contributed by atoms with van der Waals surface area (Å²) in [6.45, 7) is 1.33. The molecule has 2 N–H and O–H groups in total. The number of nitrogens with zero attached hydrogens (tertiary/aromatic N) is 1. The lowest BCUT2D eigenvalue weighted by Gasteiger charge is -2.33. The molecule has 0 bridgehead atoms. The van der Waals surface area contributed by atoms with E-state index in [1.165, 1.54) is 6.42 Å². The fraction of sp³-hybridized carbons (Fsp3) is 0.500. The van der Waals surface area contributed by atoms with Crippen molar-refractivity contribution < 1.29 is 27.1 Å². The lowest BCUT2D eigenvalue weighted by Crippen LogP contribution is -2.43. The summed E-state index contributed by atoms with van der Waals surface area (Å²) in [5.41, 5.74) is 1.48. The van der Waals surface area contributed by atoms with Crippen molar-refractivity contribution in [1.82, 2.24) is 15.5 Å². The number of rotatable bonds is 9. The SMILES string of the molecule is O=C(NCc1ccc(COCC(F)(F)F)cc1)NCC(c1ccco1)N1CCCCC1. The van der Waals surface area contributed by atoms with Gasteiger partial charge in [0.25, 0.3) is 0 Å². The molecule has 1 atom stereocenters. The van der Waals surface area contributed by atoms with Gasteiger partial charge in [0, 0.05) is 13.1 Å². The number of ether oxygens (including phenoxy) is 1. The maximum absolute atomic E-state index is 12.3. The third-order valence-corrected chi connectivity index (χ3v) is 5.17. The second-order valence-electron chi connectivity index (χ2n) is 7.62. The number of halogens is 3. The smallest absolute Gasteiger partial charge is 0.411 e. The average molecular weight is 439 g/mol. The third-order valence-electron chi connectivity index (χ3n) is 5.17. The predicted octanol–water partition coefficient (Wildman–Crippen LogP) is 4.38. The lowest BCUT2D eigenvalue weighted by molar-refractivity contribution is -0.176. The first-order chi connectivity index (χ1) is 14.9. The van der Waals surface area contributed by atoms with E-state index in [0.29, 0.717) is 18.7 Å². The van der Waals surface area contributed by atoms with E-state index in [1.807, 2.05) is 12.1 Å². The number of amides is 2. The zero-order valence-electron chi connectivity index (χ0n) is 17.3. The molecule has 1 saturated heterocycles. The van der Waals surface area contributed by atoms with Crippen LogP contribution in [0.1, 0.15) is 42.2 Å². The van der Waals surface area contributed by atoms with Gasteiger partial charge >= 0.3 is 12.2 Å². The highest BCUT2D eigenvalue weighted by Gasteiger charge is 2.27. The molecular weight excluding hydrogens is 411 g/mol. The number of carbonyl (C=O) groups excluding carboxylic acids is 1. The highest BCUT2D eigenvalue weighted by atomic mass is 19.4. The van der Waals surface area contributed by atoms with E-state index in [1.54, 1.807) is 30.5 Å². The molecule has 2 heterocycles. The van der Waals surface area contributed by atoms with E-state index in [4.69, 9.17) is 4.42 Å². The Morgan fingerprint density at radius 3 is 2.42 bits per heavy atom. The Kier molecular flexibility index (Phi) is 8.36. The molecule has 0 aliphatic carbocycles. The summed E-state index contributed by atoms with van der Waals surface area (Å²) in [4.78, 5) is 14.6. The summed E-state index contributed by atoms with van der Waals surface area (Å²) in [5.74, 6) is 0.838. The standard InChI is InChI=1S/C22H28F3N3O3/c23-22(24,25)16-30-15-18-8-6-17(7-9-18)13-26-21(29)27-14-19(20-5-4-12-31-20)28-10-2-1-3-11-28/h4-9,12,19H,1-3,10-11,13-16H2,(H2,26,27,29). The first kappa shape index (κ1) is 23.1. The van der Waals surface area contributed by atoms with Gasteiger partial charge in [-0.1, -0.05) is 30.7 Å². The Morgan fingerprint density at radius 2 is 1.77 bits per heavy atom. The molecule has 3 rings (SSSR count). The van der Waals surface area contributed by atoms with Gasteiger partial charge in [-0.25, -0.2) is 4.79 Å². The van der Waals surface area contributed by atoms with E-state index in [0.717, 1.165) is 37.3 Å². The van der Waals surface area contributed by atoms with Crippen molar-refractivity contribution in [2.24, 2.45) is 0 Å². The van der Waals surface area contributed by atoms with Gasteiger partial charge in [0.1, 0.15) is 12.4 Å². The number of nitrogens with one attached hydrogen (secondary N) is 2. The number of piperidine rings is 1. The Morgan fingerprint density at radius 1 is 1.06 bits per heavy atom. The summed E-state index contributed by atoms with van der Waals surface area (Å²) in [6, 6.07) is 10.4. The molecule has 0 saturated carbocycles. The van der Waals surface area contributed by atoms with Gasteiger partial charge in [-0.3, -0.25) is 4.90 Å². The first-order valence-corrected chi connectivity index (χ1v) is 10.4. The highest BCUT2D eigenvalue weighted by Crippen LogP contribution is 2.24. The molecule has 1 aliphatic rings. The van der Waals surface area contributed by atoms with E-state index >= 15 is 0 Å². The molecule has 1 aromatic carbocycles. The topological polar surface area (TPSA) is 66.7 Å². The van der Waals surface area contributed by atoms with Gasteiger partial charge in [0.2, 0.25) is 0 Å². The zero-order valence-corrected chi connectivity index (χ0v) is 17.3. The van der Waals surface area contributed by atoms with Crippen LogP contribution in [-0.4, -0.2) is 43.3 Å². The Balaban J connectivity index is 1.42. The van der Waals surface area contributed by atoms with Gasteiger partial charge in [0.15, 0.2) is 0 Å². The molecule has 2 amide bonds. The number of urea groups is 1. The van der Waals surface area contributed by atoms with Crippen molar-refractivity contribution in [3.8, 4) is 0 Å². The minimum atomic E-state index is -4.33. The maximum atomic E-state index is 12.3. The van der Waals surface area contributed by atoms with Crippen molar-refractivity contribution in [2.45, 2.75) is 44.6 Å². The maximum Gasteiger partial charge on any atom is 0.411 e. The number of alkyl halides is 3. The van der Waals surface area contributed by atoms with Gasteiger partial charge in [-0.2, -0.15) is 13.2 Å². The second kappa shape index (κ2) is 11.2. The molecule has 170 valence electrons. The summed E-state index contributed by atoms with van der Waals surface area (Å²) < 4.78 is 46.6. The van der Waals surface area contributed by atoms with Gasteiger partial charge in [0.05, 0.1) is 18.9 Å². The monoisotopic (exact) mass is 439 g/mol. The van der Waals surface area contributed by atoms with Crippen LogP contribution in [0.2, 0.25) is 0 Å². The van der Waals surface area contributed by atoms with Gasteiger partial charge in [-0.15, -0.1) is 0 Å². The van der Waals surface area contributed by atoms with Crippen LogP contribution in [0.15, 0.2) is 47.1 Å². The summed E-state index contributed by atoms with van der Waals surface area (Å²) in [7, 11) is 0. The Hall–Kier alpha value is -2.52. The fourth-order valence-corrected chi connectivity index (χ4v) is 3.59. The van der Waals surface area contributed by atoms with Crippen LogP contribution in [0.3, 0.4) is 0 Å². The number of hydrogen-bond acceptors (Lipinski definition) is 4. The Bertz CT molecular complexity index is 789. The van der Waals surface area contributed by atoms with E-state index in [-0.39, 0.29) is 18.7 Å². The van der Waals surface area contributed by atoms with Crippen molar-refractivity contribution in [2.75, 3.05) is 26.2 Å². The summed E-state index contributed by atoms with van der Waals surface area (Å²) in [6.07, 6.45) is 0.815. The van der Waals surface area contributed by atoms with Crippen LogP contribution >= 0.6 is 0 Å². The average Bonchev–Trinajstić information content (AvgIpc) is 3.28. The normalized spacial score (nSPS) is 16.1. The number of carbonyl (C=O) groups is 1. The fourth-order valence-electron chi connectivity index (χ4n) is 3.59. The van der Waals surface area contributed by atoms with Gasteiger partial charge in [-0.05, 0) is 49.2 Å². The number of furan rings is 1. The minimum Gasteiger partial charge on any atom is -0.468 e. The molecule has 9 heteroatoms. The van der Waals surface area contributed by atoms with Gasteiger partial charge < -0.3 is 19.8 Å². The van der Waals surface area contributed by atoms with Crippen LogP contribution in [0.4, 0.5) is 18.0 Å². The van der Waals surface area contributed by atoms with Crippen LogP contribution in [0, 0.1) is 0 Å². The van der Waals surface area contributed by atoms with E-state index in [2.05, 4.69) is 20.3 Å². The molecular formula is C22H28F3N3O3. The first-order valence-electron chi connectivity index (χ1n) is 10.4. The number of likely N-dealkylation sites (tertiary alicyclic amines) is 1. The zero-order chi connectivity index (χ0) is 22.1. The van der Waals surface area contributed by atoms with Crippen LogP contribution in [0.5, 0.6) is 0 Å². The third kappa shape index (κ3) is 7.91. The van der Waals surface area contributed by atoms with E-state index in [9.17, 15) is 18.0 Å². The number of benzene rings is 1. The number of hydrogen-bond donors (Lipinski definition) is 2. The summed E-state index contributed by atoms with van der Waals surface area (Å²) in [5, 5.41) is 5.72. The molecule has 1 unspecified atom stereocenters. The molecule has 0 spiro atoms. The lowest BCUT2D eigenvalue weighted by atomic mass is 10.1. The minimum absolute atomic E-state index is 0.00275. The Labute approximate surface area is 179 Å². The second-order valence-corrected chi connectivity index (χ2v) is 7.62. The molecule has 1 aliphatic heterocycles. The van der Waals surface area contributed by atoms with Crippen LogP contribution < -0.4 is 10.6 Å². The molecule has 1 aromatic heterocycles. The quantitative estimate of drug-likeness (QED) is 0.608. The van der Waals surface area contributed by atoms with Crippen molar-refractivity contribution in [3.63, 3.8) is 0 Å². The molecule has 31 heavy (non-hydrogen) atoms. The van der Waals surface area contributed by atoms with Crippen LogP contribution in [0.25, 0.3) is 0 Å².